The van der Waals surface area contributed by atoms with Crippen LogP contribution in [-0.4, -0.2) is 6.15 Å². The van der Waals surface area contributed by atoms with E-state index in [2.05, 4.69) is 26.0 Å². The molecule has 0 aliphatic heterocycles. The van der Waals surface area contributed by atoms with Crippen LogP contribution >= 0.6 is 0 Å². The van der Waals surface area contributed by atoms with Gasteiger partial charge in [-0.05, 0) is 0 Å². The highest BCUT2D eigenvalue weighted by atomic mass is 16.2. The van der Waals surface area contributed by atoms with Crippen molar-refractivity contribution in [1.82, 2.24) is 0 Å². The van der Waals surface area contributed by atoms with Crippen LogP contribution in [0.15, 0.2) is 13.2 Å². The molecule has 2 nitrogen and oxygen atoms in total. The molecule has 0 saturated heterocycles. The summed E-state index contributed by atoms with van der Waals surface area (Å²) in [6.07, 6.45) is 8.25. The third kappa shape index (κ3) is 19.3. The van der Waals surface area contributed by atoms with Crippen molar-refractivity contribution in [2.45, 2.75) is 0 Å². The summed E-state index contributed by atoms with van der Waals surface area (Å²) in [7, 11) is 0. The van der Waals surface area contributed by atoms with Crippen LogP contribution in [0.1, 0.15) is 0 Å². The fraction of sp³-hybridized carbons (Fsp3) is 0. The van der Waals surface area contributed by atoms with Crippen molar-refractivity contribution in [2.24, 2.45) is 0 Å². The van der Waals surface area contributed by atoms with Gasteiger partial charge in [0, 0.05) is 0 Å². The predicted molar refractivity (Wildman–Crippen MR) is 26.2 cm³/mol. The second-order valence-electron chi connectivity index (χ2n) is 0.0833. The number of terminal acetylenes is 1. The smallest absolute Gasteiger partial charge is 0.186 e. The fourth-order valence-electron chi connectivity index (χ4n) is 0. The summed E-state index contributed by atoms with van der Waals surface area (Å²) in [4.78, 5) is 16.2. The van der Waals surface area contributed by atoms with Crippen LogP contribution in [-0.2, 0) is 9.59 Å². The molecule has 0 saturated carbocycles. The summed E-state index contributed by atoms with van der Waals surface area (Å²) in [5.41, 5.74) is 0. The third-order valence-corrected chi connectivity index (χ3v) is 0. The molecule has 0 bridgehead atoms. The van der Waals surface area contributed by atoms with Crippen molar-refractivity contribution >= 4 is 6.15 Å². The van der Waals surface area contributed by atoms with E-state index in [1.165, 1.54) is 0 Å². The molecule has 0 amide bonds. The number of hydrogen-bond acceptors (Lipinski definition) is 2. The quantitative estimate of drug-likeness (QED) is 0.326. The summed E-state index contributed by atoms with van der Waals surface area (Å²) in [6, 6.07) is 0. The van der Waals surface area contributed by atoms with E-state index < -0.39 is 0 Å². The van der Waals surface area contributed by atoms with E-state index in [1.54, 1.807) is 0 Å². The second-order valence-corrected chi connectivity index (χ2v) is 0.0833. The van der Waals surface area contributed by atoms with Crippen LogP contribution in [0, 0.1) is 12.8 Å². The molecule has 38 valence electrons. The van der Waals surface area contributed by atoms with Crippen molar-refractivity contribution in [3.63, 3.8) is 0 Å². The van der Waals surface area contributed by atoms with Crippen molar-refractivity contribution in [1.29, 1.82) is 0 Å². The number of carbonyl (C=O) groups excluding carboxylic acids is 2. The first kappa shape index (κ1) is 17.3. The molecule has 0 aromatic heterocycles. The van der Waals surface area contributed by atoms with E-state index in [0.717, 1.165) is 0 Å². The van der Waals surface area contributed by atoms with E-state index in [9.17, 15) is 0 Å². The Morgan fingerprint density at radius 2 is 1.14 bits per heavy atom. The Morgan fingerprint density at radius 3 is 1.14 bits per heavy atom. The Morgan fingerprint density at radius 1 is 1.14 bits per heavy atom. The average molecular weight is 98.1 g/mol. The van der Waals surface area contributed by atoms with Gasteiger partial charge in [0.15, 0.2) is 0 Å². The zero-order chi connectivity index (χ0) is 6.71. The van der Waals surface area contributed by atoms with Gasteiger partial charge in [0.25, 0.3) is 0 Å². The van der Waals surface area contributed by atoms with Gasteiger partial charge in [-0.1, -0.05) is 0 Å². The molecule has 0 radical (unpaired) electrons. The predicted octanol–water partition coefficient (Wildman–Crippen LogP) is 0.468. The summed E-state index contributed by atoms with van der Waals surface area (Å²) >= 11 is 0. The van der Waals surface area contributed by atoms with E-state index in [1.807, 2.05) is 0 Å². The molecule has 2 heteroatoms. The number of hydrogen-bond donors (Lipinski definition) is 0. The van der Waals surface area contributed by atoms with Crippen LogP contribution < -0.4 is 0 Å². The Balaban J connectivity index is -0.0000000360. The van der Waals surface area contributed by atoms with E-state index in [-0.39, 0.29) is 6.15 Å². The molecule has 0 atom stereocenters. The first-order chi connectivity index (χ1) is 3.41. The molecule has 0 rings (SSSR count). The molecular weight excluding hydrogens is 92.1 g/mol. The Labute approximate surface area is 42.8 Å². The summed E-state index contributed by atoms with van der Waals surface area (Å²) < 4.78 is 0. The average Bonchev–Trinajstić information content (AvgIpc) is 1.78. The normalized spacial score (nSPS) is 2.00. The van der Waals surface area contributed by atoms with E-state index in [0.29, 0.717) is 0 Å². The largest absolute Gasteiger partial charge is 0.373 e. The number of rotatable bonds is 0. The monoisotopic (exact) mass is 98.0 g/mol. The first-order valence-electron chi connectivity index (χ1n) is 1.24. The first-order valence-corrected chi connectivity index (χ1v) is 1.24. The van der Waals surface area contributed by atoms with Crippen molar-refractivity contribution in [2.75, 3.05) is 0 Å². The summed E-state index contributed by atoms with van der Waals surface area (Å²) in [5.74, 6) is 0. The molecule has 0 unspecified atom stereocenters. The maximum absolute atomic E-state index is 8.12. The van der Waals surface area contributed by atoms with Gasteiger partial charge in [-0.25, -0.2) is 0 Å². The lowest BCUT2D eigenvalue weighted by molar-refractivity contribution is -0.191. The molecule has 7 heavy (non-hydrogen) atoms. The molecule has 0 aliphatic rings. The minimum atomic E-state index is 0.250. The third-order valence-electron chi connectivity index (χ3n) is 0. The van der Waals surface area contributed by atoms with Crippen molar-refractivity contribution in [3.05, 3.63) is 13.2 Å². The Hall–Kier alpha value is -1.32. The standard InChI is InChI=1S/C2H4.C2H2.CO2/c2*1-2;2-1-3/h1-2H2;1-2H;. The van der Waals surface area contributed by atoms with Gasteiger partial charge in [-0.2, -0.15) is 9.59 Å². The SMILES string of the molecule is C#C.C=C.O=C=O. The van der Waals surface area contributed by atoms with Gasteiger partial charge in [-0.3, -0.25) is 0 Å². The lowest BCUT2D eigenvalue weighted by atomic mass is 11.3. The highest BCUT2D eigenvalue weighted by Gasteiger charge is 1.13. The highest BCUT2D eigenvalue weighted by molar-refractivity contribution is 5.20. The van der Waals surface area contributed by atoms with E-state index in [4.69, 9.17) is 9.59 Å². The zero-order valence-corrected chi connectivity index (χ0v) is 3.89. The molecule has 0 heterocycles. The minimum absolute atomic E-state index is 0.250. The fourth-order valence-corrected chi connectivity index (χ4v) is 0. The van der Waals surface area contributed by atoms with Crippen LogP contribution in [0.4, 0.5) is 0 Å². The van der Waals surface area contributed by atoms with Gasteiger partial charge in [0.1, 0.15) is 0 Å². The molecule has 0 aliphatic carbocycles. The maximum Gasteiger partial charge on any atom is 0.373 e. The van der Waals surface area contributed by atoms with Gasteiger partial charge in [0.05, 0.1) is 0 Å². The molecule has 0 aromatic rings. The highest BCUT2D eigenvalue weighted by Crippen LogP contribution is 0.862. The van der Waals surface area contributed by atoms with Crippen molar-refractivity contribution < 1.29 is 9.59 Å². The Kier molecular flexibility index (Phi) is 1530. The lowest BCUT2D eigenvalue weighted by Gasteiger charge is -0.945. The Bertz CT molecular complexity index is 57.7. The molecule has 0 spiro atoms. The van der Waals surface area contributed by atoms with Gasteiger partial charge in [0.2, 0.25) is 0 Å². The van der Waals surface area contributed by atoms with Crippen molar-refractivity contribution in [3.8, 4) is 12.8 Å². The van der Waals surface area contributed by atoms with Crippen LogP contribution in [0.3, 0.4) is 0 Å². The van der Waals surface area contributed by atoms with Crippen LogP contribution in [0.2, 0.25) is 0 Å². The summed E-state index contributed by atoms with van der Waals surface area (Å²) in [5, 5.41) is 0. The molecule has 0 fully saturated rings. The lowest BCUT2D eigenvalue weighted by Crippen LogP contribution is -1.22. The summed E-state index contributed by atoms with van der Waals surface area (Å²) in [6.45, 7) is 6.00. The van der Waals surface area contributed by atoms with Gasteiger partial charge >= 0.3 is 6.15 Å². The van der Waals surface area contributed by atoms with Gasteiger partial charge < -0.3 is 0 Å². The van der Waals surface area contributed by atoms with Crippen LogP contribution in [0.5, 0.6) is 0 Å². The van der Waals surface area contributed by atoms with E-state index >= 15 is 0 Å². The van der Waals surface area contributed by atoms with Gasteiger partial charge in [-0.15, -0.1) is 26.0 Å². The topological polar surface area (TPSA) is 34.1 Å². The zero-order valence-electron chi connectivity index (χ0n) is 3.89. The molecule has 0 aromatic carbocycles. The van der Waals surface area contributed by atoms with Crippen LogP contribution in [0.25, 0.3) is 0 Å². The molecule has 0 N–H and O–H groups in total. The maximum atomic E-state index is 8.12. The second kappa shape index (κ2) is 619. The molecular formula is C5H6O2. The minimum Gasteiger partial charge on any atom is -0.186 e.